The first kappa shape index (κ1) is 15.6. The molecule has 0 saturated carbocycles. The molecule has 0 aliphatic carbocycles. The molecule has 9 heteroatoms. The zero-order valence-corrected chi connectivity index (χ0v) is 13.1. The molecule has 122 valence electrons. The molecule has 0 radical (unpaired) electrons. The van der Waals surface area contributed by atoms with Gasteiger partial charge < -0.3 is 5.11 Å². The van der Waals surface area contributed by atoms with Gasteiger partial charge in [0, 0.05) is 6.54 Å². The fourth-order valence-corrected chi connectivity index (χ4v) is 4.33. The Kier molecular flexibility index (Phi) is 4.14. The van der Waals surface area contributed by atoms with Crippen LogP contribution in [0.1, 0.15) is 19.3 Å². The number of aliphatic carboxylic acids is 1. The van der Waals surface area contributed by atoms with Gasteiger partial charge in [-0.2, -0.15) is 19.3 Å². The molecule has 8 nitrogen and oxygen atoms in total. The molecule has 0 spiro atoms. The molecular formula is C14H16N4O4S. The maximum Gasteiger partial charge on any atom is 0.322 e. The van der Waals surface area contributed by atoms with E-state index in [2.05, 4.69) is 10.2 Å². The van der Waals surface area contributed by atoms with E-state index < -0.39 is 22.0 Å². The summed E-state index contributed by atoms with van der Waals surface area (Å²) in [4.78, 5) is 12.8. The van der Waals surface area contributed by atoms with Crippen molar-refractivity contribution in [2.45, 2.75) is 30.2 Å². The summed E-state index contributed by atoms with van der Waals surface area (Å²) < 4.78 is 26.5. The Balaban J connectivity index is 1.91. The summed E-state index contributed by atoms with van der Waals surface area (Å²) in [6, 6.07) is 5.07. The number of hydrogen-bond donors (Lipinski definition) is 1. The Morgan fingerprint density at radius 2 is 1.78 bits per heavy atom. The molecule has 0 amide bonds. The van der Waals surface area contributed by atoms with Crippen LogP contribution in [-0.4, -0.2) is 51.4 Å². The van der Waals surface area contributed by atoms with E-state index in [9.17, 15) is 18.3 Å². The zero-order chi connectivity index (χ0) is 16.4. The molecule has 1 atom stereocenters. The van der Waals surface area contributed by atoms with Crippen LogP contribution in [-0.2, 0) is 14.8 Å². The number of piperidine rings is 1. The normalized spacial score (nSPS) is 19.6. The molecule has 1 fully saturated rings. The lowest BCUT2D eigenvalue weighted by molar-refractivity contribution is -0.142. The lowest BCUT2D eigenvalue weighted by Gasteiger charge is -2.31. The number of rotatable bonds is 4. The van der Waals surface area contributed by atoms with Crippen molar-refractivity contribution in [1.82, 2.24) is 19.3 Å². The molecule has 1 unspecified atom stereocenters. The van der Waals surface area contributed by atoms with E-state index in [1.54, 1.807) is 12.1 Å². The van der Waals surface area contributed by atoms with Crippen molar-refractivity contribution in [1.29, 1.82) is 0 Å². The predicted octanol–water partition coefficient (Wildman–Crippen LogP) is 0.895. The maximum absolute atomic E-state index is 12.7. The summed E-state index contributed by atoms with van der Waals surface area (Å²) in [5, 5.41) is 17.2. The summed E-state index contributed by atoms with van der Waals surface area (Å²) >= 11 is 0. The zero-order valence-electron chi connectivity index (χ0n) is 12.2. The van der Waals surface area contributed by atoms with Gasteiger partial charge in [0.05, 0.1) is 23.0 Å². The van der Waals surface area contributed by atoms with Crippen molar-refractivity contribution >= 4 is 16.0 Å². The number of hydrogen-bond acceptors (Lipinski definition) is 5. The smallest absolute Gasteiger partial charge is 0.322 e. The van der Waals surface area contributed by atoms with Gasteiger partial charge in [0.1, 0.15) is 6.04 Å². The summed E-state index contributed by atoms with van der Waals surface area (Å²) in [5.74, 6) is -1.11. The SMILES string of the molecule is O=C(O)C1CCCCN1S(=O)(=O)c1ccc(-n2nccn2)cc1. The first-order valence-electron chi connectivity index (χ1n) is 7.21. The second kappa shape index (κ2) is 6.09. The van der Waals surface area contributed by atoms with E-state index in [-0.39, 0.29) is 11.4 Å². The molecule has 2 heterocycles. The fourth-order valence-electron chi connectivity index (χ4n) is 2.68. The van der Waals surface area contributed by atoms with Gasteiger partial charge in [-0.3, -0.25) is 4.79 Å². The summed E-state index contributed by atoms with van der Waals surface area (Å²) in [6.45, 7) is 0.224. The third kappa shape index (κ3) is 2.97. The van der Waals surface area contributed by atoms with Gasteiger partial charge in [-0.1, -0.05) is 0 Å². The van der Waals surface area contributed by atoms with Crippen LogP contribution in [0.15, 0.2) is 41.6 Å². The Labute approximate surface area is 133 Å². The van der Waals surface area contributed by atoms with Gasteiger partial charge in [0.2, 0.25) is 10.0 Å². The van der Waals surface area contributed by atoms with E-state index in [0.29, 0.717) is 24.9 Å². The van der Waals surface area contributed by atoms with Crippen molar-refractivity contribution in [3.8, 4) is 5.69 Å². The van der Waals surface area contributed by atoms with E-state index in [4.69, 9.17) is 0 Å². The molecule has 1 aromatic carbocycles. The van der Waals surface area contributed by atoms with Crippen molar-refractivity contribution < 1.29 is 18.3 Å². The second-order valence-electron chi connectivity index (χ2n) is 5.28. The summed E-state index contributed by atoms with van der Waals surface area (Å²) in [6.07, 6.45) is 4.76. The summed E-state index contributed by atoms with van der Waals surface area (Å²) in [5.41, 5.74) is 0.627. The highest BCUT2D eigenvalue weighted by atomic mass is 32.2. The van der Waals surface area contributed by atoms with Crippen molar-refractivity contribution in [2.24, 2.45) is 0 Å². The number of aromatic nitrogens is 3. The lowest BCUT2D eigenvalue weighted by Crippen LogP contribution is -2.47. The van der Waals surface area contributed by atoms with E-state index in [0.717, 1.165) is 4.31 Å². The lowest BCUT2D eigenvalue weighted by atomic mass is 10.1. The van der Waals surface area contributed by atoms with Crippen molar-refractivity contribution in [3.63, 3.8) is 0 Å². The molecule has 2 aromatic rings. The van der Waals surface area contributed by atoms with Crippen LogP contribution >= 0.6 is 0 Å². The highest BCUT2D eigenvalue weighted by molar-refractivity contribution is 7.89. The number of nitrogens with zero attached hydrogens (tertiary/aromatic N) is 4. The monoisotopic (exact) mass is 336 g/mol. The van der Waals surface area contributed by atoms with Crippen molar-refractivity contribution in [3.05, 3.63) is 36.7 Å². The van der Waals surface area contributed by atoms with Crippen LogP contribution in [0.25, 0.3) is 5.69 Å². The van der Waals surface area contributed by atoms with Gasteiger partial charge in [0.15, 0.2) is 0 Å². The predicted molar refractivity (Wildman–Crippen MR) is 80.5 cm³/mol. The molecule has 1 saturated heterocycles. The van der Waals surface area contributed by atoms with Gasteiger partial charge in [-0.15, -0.1) is 0 Å². The number of benzene rings is 1. The average molecular weight is 336 g/mol. The molecule has 1 N–H and O–H groups in total. The van der Waals surface area contributed by atoms with Crippen molar-refractivity contribution in [2.75, 3.05) is 6.54 Å². The van der Waals surface area contributed by atoms with Crippen LogP contribution in [0.2, 0.25) is 0 Å². The third-order valence-corrected chi connectivity index (χ3v) is 5.75. The molecule has 1 aromatic heterocycles. The van der Waals surface area contributed by atoms with Gasteiger partial charge in [-0.05, 0) is 43.5 Å². The molecule has 0 bridgehead atoms. The van der Waals surface area contributed by atoms with E-state index in [1.807, 2.05) is 0 Å². The Hall–Kier alpha value is -2.26. The summed E-state index contributed by atoms with van der Waals surface area (Å²) in [7, 11) is -3.84. The molecular weight excluding hydrogens is 320 g/mol. The number of sulfonamides is 1. The Bertz CT molecular complexity index is 787. The standard InChI is InChI=1S/C14H16N4O4S/c19-14(20)13-3-1-2-10-17(13)23(21,22)12-6-4-11(5-7-12)18-15-8-9-16-18/h4-9,13H,1-3,10H2,(H,19,20). The van der Waals surface area contributed by atoms with Gasteiger partial charge in [0.25, 0.3) is 0 Å². The van der Waals surface area contributed by atoms with Crippen LogP contribution in [0.3, 0.4) is 0 Å². The molecule has 1 aliphatic rings. The molecule has 1 aliphatic heterocycles. The molecule has 23 heavy (non-hydrogen) atoms. The number of carboxylic acids is 1. The third-order valence-electron chi connectivity index (χ3n) is 3.83. The maximum atomic E-state index is 12.7. The minimum atomic E-state index is -3.84. The minimum Gasteiger partial charge on any atom is -0.480 e. The first-order chi connectivity index (χ1) is 11.0. The van der Waals surface area contributed by atoms with Crippen LogP contribution < -0.4 is 0 Å². The first-order valence-corrected chi connectivity index (χ1v) is 8.65. The van der Waals surface area contributed by atoms with E-state index in [1.165, 1.54) is 29.3 Å². The van der Waals surface area contributed by atoms with Gasteiger partial charge >= 0.3 is 5.97 Å². The minimum absolute atomic E-state index is 0.0709. The van der Waals surface area contributed by atoms with Crippen LogP contribution in [0.5, 0.6) is 0 Å². The van der Waals surface area contributed by atoms with E-state index >= 15 is 0 Å². The fraction of sp³-hybridized carbons (Fsp3) is 0.357. The highest BCUT2D eigenvalue weighted by Gasteiger charge is 2.37. The Morgan fingerprint density at radius 1 is 1.13 bits per heavy atom. The van der Waals surface area contributed by atoms with Crippen LogP contribution in [0, 0.1) is 0 Å². The van der Waals surface area contributed by atoms with Gasteiger partial charge in [-0.25, -0.2) is 8.42 Å². The second-order valence-corrected chi connectivity index (χ2v) is 7.17. The number of carbonyl (C=O) groups is 1. The average Bonchev–Trinajstić information content (AvgIpc) is 3.09. The topological polar surface area (TPSA) is 105 Å². The Morgan fingerprint density at radius 3 is 2.39 bits per heavy atom. The highest BCUT2D eigenvalue weighted by Crippen LogP contribution is 2.26. The largest absolute Gasteiger partial charge is 0.480 e. The molecule has 3 rings (SSSR count). The number of carboxylic acid groups (broad SMARTS) is 1. The quantitative estimate of drug-likeness (QED) is 0.889. The van der Waals surface area contributed by atoms with Crippen LogP contribution in [0.4, 0.5) is 0 Å².